The molecule has 3 aromatic rings. The fourth-order valence-corrected chi connectivity index (χ4v) is 4.10. The monoisotopic (exact) mass is 462 g/mol. The van der Waals surface area contributed by atoms with E-state index >= 15 is 0 Å². The van der Waals surface area contributed by atoms with E-state index in [1.165, 1.54) is 5.69 Å². The summed E-state index contributed by atoms with van der Waals surface area (Å²) < 4.78 is 10.8. The number of ether oxygens (including phenoxy) is 1. The molecule has 2 amide bonds. The van der Waals surface area contributed by atoms with Crippen molar-refractivity contribution in [3.05, 3.63) is 84.3 Å². The molecule has 0 spiro atoms. The topological polar surface area (TPSA) is 87.0 Å². The Kier molecular flexibility index (Phi) is 7.83. The minimum absolute atomic E-state index is 0.147. The van der Waals surface area contributed by atoms with Crippen LogP contribution in [0.1, 0.15) is 17.4 Å². The zero-order valence-electron chi connectivity index (χ0n) is 19.3. The van der Waals surface area contributed by atoms with Crippen molar-refractivity contribution in [1.29, 1.82) is 0 Å². The number of furan rings is 1. The average Bonchev–Trinajstić information content (AvgIpc) is 3.43. The quantitative estimate of drug-likeness (QED) is 0.501. The number of piperazine rings is 1. The molecule has 0 radical (unpaired) electrons. The molecule has 0 bridgehead atoms. The first-order valence-electron chi connectivity index (χ1n) is 11.4. The van der Waals surface area contributed by atoms with Crippen molar-refractivity contribution in [2.45, 2.75) is 12.6 Å². The van der Waals surface area contributed by atoms with Gasteiger partial charge in [0.2, 0.25) is 0 Å². The van der Waals surface area contributed by atoms with E-state index in [1.807, 2.05) is 54.6 Å². The van der Waals surface area contributed by atoms with Crippen LogP contribution in [0.15, 0.2) is 77.4 Å². The smallest absolute Gasteiger partial charge is 0.309 e. The Hall–Kier alpha value is -3.78. The summed E-state index contributed by atoms with van der Waals surface area (Å²) in [4.78, 5) is 29.4. The Morgan fingerprint density at radius 1 is 0.912 bits per heavy atom. The van der Waals surface area contributed by atoms with Crippen molar-refractivity contribution in [3.63, 3.8) is 0 Å². The summed E-state index contributed by atoms with van der Waals surface area (Å²) in [6.45, 7) is 3.93. The maximum atomic E-state index is 12.5. The Morgan fingerprint density at radius 2 is 1.62 bits per heavy atom. The fraction of sp³-hybridized carbons (Fsp3) is 0.308. The number of para-hydroxylation sites is 1. The first-order valence-corrected chi connectivity index (χ1v) is 11.4. The lowest BCUT2D eigenvalue weighted by Gasteiger charge is -2.39. The van der Waals surface area contributed by atoms with Gasteiger partial charge in [0.15, 0.2) is 0 Å². The summed E-state index contributed by atoms with van der Waals surface area (Å²) in [7, 11) is 1.60. The fourth-order valence-electron chi connectivity index (χ4n) is 4.10. The van der Waals surface area contributed by atoms with Crippen LogP contribution < -0.4 is 20.3 Å². The summed E-state index contributed by atoms with van der Waals surface area (Å²) in [5, 5.41) is 5.44. The van der Waals surface area contributed by atoms with Gasteiger partial charge in [-0.3, -0.25) is 14.5 Å². The minimum Gasteiger partial charge on any atom is -0.497 e. The predicted octanol–water partition coefficient (Wildman–Crippen LogP) is 2.58. The summed E-state index contributed by atoms with van der Waals surface area (Å²) in [6, 6.07) is 21.3. The number of carbonyl (C=O) groups is 2. The summed E-state index contributed by atoms with van der Waals surface area (Å²) in [5.41, 5.74) is 2.09. The van der Waals surface area contributed by atoms with Gasteiger partial charge in [-0.25, -0.2) is 0 Å². The minimum atomic E-state index is -0.664. The molecule has 2 aromatic carbocycles. The second-order valence-corrected chi connectivity index (χ2v) is 8.13. The van der Waals surface area contributed by atoms with Crippen molar-refractivity contribution < 1.29 is 18.7 Å². The highest BCUT2D eigenvalue weighted by Gasteiger charge is 2.28. The zero-order valence-corrected chi connectivity index (χ0v) is 19.3. The molecule has 1 atom stereocenters. The first kappa shape index (κ1) is 23.4. The standard InChI is InChI=1S/C26H30N4O4/c1-33-22-11-9-20(10-12-22)18-27-25(31)26(32)28-19-23(24-8-5-17-34-24)30-15-13-29(14-16-30)21-6-3-2-4-7-21/h2-12,17,23H,13-16,18-19H2,1H3,(H,27,31)(H,28,32). The summed E-state index contributed by atoms with van der Waals surface area (Å²) >= 11 is 0. The number of anilines is 1. The van der Waals surface area contributed by atoms with Crippen molar-refractivity contribution in [2.24, 2.45) is 0 Å². The number of rotatable bonds is 8. The lowest BCUT2D eigenvalue weighted by atomic mass is 10.1. The van der Waals surface area contributed by atoms with Gasteiger partial charge in [-0.2, -0.15) is 0 Å². The maximum absolute atomic E-state index is 12.5. The molecule has 1 saturated heterocycles. The van der Waals surface area contributed by atoms with Crippen LogP contribution in [0.3, 0.4) is 0 Å². The molecule has 1 fully saturated rings. The lowest BCUT2D eigenvalue weighted by molar-refractivity contribution is -0.139. The van der Waals surface area contributed by atoms with Crippen LogP contribution in [0.5, 0.6) is 5.75 Å². The van der Waals surface area contributed by atoms with Gasteiger partial charge in [-0.05, 0) is 42.0 Å². The van der Waals surface area contributed by atoms with Gasteiger partial charge in [0.05, 0.1) is 19.4 Å². The summed E-state index contributed by atoms with van der Waals surface area (Å²) in [5.74, 6) is 0.185. The number of benzene rings is 2. The molecule has 0 saturated carbocycles. The van der Waals surface area contributed by atoms with Gasteiger partial charge >= 0.3 is 11.8 Å². The van der Waals surface area contributed by atoms with E-state index in [4.69, 9.17) is 9.15 Å². The number of hydrogen-bond acceptors (Lipinski definition) is 6. The second kappa shape index (κ2) is 11.4. The molecular formula is C26H30N4O4. The second-order valence-electron chi connectivity index (χ2n) is 8.13. The largest absolute Gasteiger partial charge is 0.497 e. The highest BCUT2D eigenvalue weighted by Crippen LogP contribution is 2.24. The Balaban J connectivity index is 1.30. The first-order chi connectivity index (χ1) is 16.6. The Labute approximate surface area is 199 Å². The maximum Gasteiger partial charge on any atom is 0.309 e. The number of carbonyl (C=O) groups excluding carboxylic acids is 2. The third-order valence-electron chi connectivity index (χ3n) is 6.02. The highest BCUT2D eigenvalue weighted by molar-refractivity contribution is 6.35. The van der Waals surface area contributed by atoms with Crippen LogP contribution in [0.25, 0.3) is 0 Å². The number of amides is 2. The van der Waals surface area contributed by atoms with Crippen LogP contribution in [-0.4, -0.2) is 56.5 Å². The molecule has 2 N–H and O–H groups in total. The highest BCUT2D eigenvalue weighted by atomic mass is 16.5. The van der Waals surface area contributed by atoms with E-state index < -0.39 is 11.8 Å². The zero-order chi connectivity index (χ0) is 23.8. The molecule has 2 heterocycles. The van der Waals surface area contributed by atoms with E-state index in [1.54, 1.807) is 13.4 Å². The van der Waals surface area contributed by atoms with Crippen LogP contribution in [0, 0.1) is 0 Å². The number of nitrogens with zero attached hydrogens (tertiary/aromatic N) is 2. The molecule has 1 unspecified atom stereocenters. The summed E-state index contributed by atoms with van der Waals surface area (Å²) in [6.07, 6.45) is 1.63. The third kappa shape index (κ3) is 5.96. The number of hydrogen-bond donors (Lipinski definition) is 2. The molecular weight excluding hydrogens is 432 g/mol. The van der Waals surface area contributed by atoms with Gasteiger partial charge in [0.25, 0.3) is 0 Å². The molecule has 0 aliphatic carbocycles. The van der Waals surface area contributed by atoms with Crippen LogP contribution in [0.4, 0.5) is 5.69 Å². The Morgan fingerprint density at radius 3 is 2.26 bits per heavy atom. The van der Waals surface area contributed by atoms with Gasteiger partial charge < -0.3 is 24.7 Å². The molecule has 1 aliphatic heterocycles. The van der Waals surface area contributed by atoms with Gasteiger partial charge in [0.1, 0.15) is 11.5 Å². The van der Waals surface area contributed by atoms with Gasteiger partial charge in [-0.15, -0.1) is 0 Å². The van der Waals surface area contributed by atoms with Crippen molar-refractivity contribution in [2.75, 3.05) is 44.7 Å². The predicted molar refractivity (Wildman–Crippen MR) is 130 cm³/mol. The third-order valence-corrected chi connectivity index (χ3v) is 6.02. The molecule has 8 nitrogen and oxygen atoms in total. The number of nitrogens with one attached hydrogen (secondary N) is 2. The molecule has 34 heavy (non-hydrogen) atoms. The molecule has 178 valence electrons. The molecule has 1 aliphatic rings. The number of methoxy groups -OCH3 is 1. The SMILES string of the molecule is COc1ccc(CNC(=O)C(=O)NCC(c2ccco2)N2CCN(c3ccccc3)CC2)cc1. The van der Waals surface area contributed by atoms with Crippen molar-refractivity contribution >= 4 is 17.5 Å². The van der Waals surface area contributed by atoms with Crippen molar-refractivity contribution in [1.82, 2.24) is 15.5 Å². The van der Waals surface area contributed by atoms with E-state index in [9.17, 15) is 9.59 Å². The van der Waals surface area contributed by atoms with Crippen LogP contribution in [-0.2, 0) is 16.1 Å². The van der Waals surface area contributed by atoms with E-state index in [-0.39, 0.29) is 19.1 Å². The van der Waals surface area contributed by atoms with Gasteiger partial charge in [0, 0.05) is 45.0 Å². The normalized spacial score (nSPS) is 14.9. The Bertz CT molecular complexity index is 1050. The van der Waals surface area contributed by atoms with Crippen LogP contribution >= 0.6 is 0 Å². The van der Waals surface area contributed by atoms with E-state index in [0.29, 0.717) is 0 Å². The lowest BCUT2D eigenvalue weighted by Crippen LogP contribution is -2.50. The van der Waals surface area contributed by atoms with E-state index in [0.717, 1.165) is 43.3 Å². The van der Waals surface area contributed by atoms with Crippen molar-refractivity contribution in [3.8, 4) is 5.75 Å². The van der Waals surface area contributed by atoms with E-state index in [2.05, 4.69) is 32.6 Å². The molecule has 1 aromatic heterocycles. The average molecular weight is 463 g/mol. The van der Waals surface area contributed by atoms with Gasteiger partial charge in [-0.1, -0.05) is 30.3 Å². The van der Waals surface area contributed by atoms with Crippen LogP contribution in [0.2, 0.25) is 0 Å². The molecule has 4 rings (SSSR count). The molecule has 8 heteroatoms.